The first-order valence-corrected chi connectivity index (χ1v) is 4.81. The third-order valence-electron chi connectivity index (χ3n) is 1.59. The van der Waals surface area contributed by atoms with Crippen molar-refractivity contribution in [2.45, 2.75) is 0 Å². The van der Waals surface area contributed by atoms with Gasteiger partial charge in [-0.15, -0.1) is 11.3 Å². The normalized spacial score (nSPS) is 11.5. The number of aromatic nitrogens is 2. The van der Waals surface area contributed by atoms with Crippen LogP contribution in [-0.4, -0.2) is 15.7 Å². The highest BCUT2D eigenvalue weighted by molar-refractivity contribution is 7.15. The van der Waals surface area contributed by atoms with Gasteiger partial charge in [0.1, 0.15) is 6.29 Å². The minimum absolute atomic E-state index is 0.421. The molecule has 2 heterocycles. The van der Waals surface area contributed by atoms with E-state index in [0.29, 0.717) is 11.4 Å². The molecule has 13 heavy (non-hydrogen) atoms. The third kappa shape index (κ3) is 1.38. The predicted molar refractivity (Wildman–Crippen MR) is 53.2 cm³/mol. The standard InChI is InChI=1S/C8H5ClN2OS/c9-7-6(2-1-4-12)11-3-5-13-8(11)10-7/h1-5H/b2-1+. The maximum atomic E-state index is 10.1. The molecule has 0 atom stereocenters. The van der Waals surface area contributed by atoms with Gasteiger partial charge in [-0.3, -0.25) is 9.20 Å². The molecule has 0 aliphatic carbocycles. The summed E-state index contributed by atoms with van der Waals surface area (Å²) >= 11 is 7.35. The molecule has 0 aliphatic rings. The lowest BCUT2D eigenvalue weighted by atomic mass is 10.4. The topological polar surface area (TPSA) is 34.4 Å². The largest absolute Gasteiger partial charge is 0.299 e. The fraction of sp³-hybridized carbons (Fsp3) is 0. The summed E-state index contributed by atoms with van der Waals surface area (Å²) in [7, 11) is 0. The molecule has 0 N–H and O–H groups in total. The first-order valence-electron chi connectivity index (χ1n) is 3.56. The second kappa shape index (κ2) is 3.32. The number of aldehydes is 1. The van der Waals surface area contributed by atoms with Crippen molar-refractivity contribution >= 4 is 40.3 Å². The van der Waals surface area contributed by atoms with Crippen molar-refractivity contribution in [3.05, 3.63) is 28.5 Å². The van der Waals surface area contributed by atoms with E-state index in [1.165, 1.54) is 17.4 Å². The number of halogens is 1. The van der Waals surface area contributed by atoms with Gasteiger partial charge in [-0.25, -0.2) is 4.98 Å². The fourth-order valence-electron chi connectivity index (χ4n) is 1.06. The molecule has 66 valence electrons. The van der Waals surface area contributed by atoms with Crippen molar-refractivity contribution in [3.63, 3.8) is 0 Å². The van der Waals surface area contributed by atoms with Crippen LogP contribution >= 0.6 is 22.9 Å². The summed E-state index contributed by atoms with van der Waals surface area (Å²) in [6.07, 6.45) is 5.61. The summed E-state index contributed by atoms with van der Waals surface area (Å²) in [6, 6.07) is 0. The number of rotatable bonds is 2. The number of nitrogens with zero attached hydrogens (tertiary/aromatic N) is 2. The van der Waals surface area contributed by atoms with Gasteiger partial charge < -0.3 is 0 Å². The van der Waals surface area contributed by atoms with Crippen molar-refractivity contribution in [2.24, 2.45) is 0 Å². The molecule has 0 saturated carbocycles. The number of hydrogen-bond donors (Lipinski definition) is 0. The average molecular weight is 213 g/mol. The van der Waals surface area contributed by atoms with Crippen LogP contribution in [0, 0.1) is 0 Å². The predicted octanol–water partition coefficient (Wildman–Crippen LogP) is 2.26. The molecule has 0 saturated heterocycles. The quantitative estimate of drug-likeness (QED) is 0.565. The lowest BCUT2D eigenvalue weighted by molar-refractivity contribution is -0.104. The van der Waals surface area contributed by atoms with Crippen LogP contribution in [0.25, 0.3) is 11.0 Å². The van der Waals surface area contributed by atoms with E-state index >= 15 is 0 Å². The number of allylic oxidation sites excluding steroid dienone is 1. The molecule has 0 radical (unpaired) electrons. The average Bonchev–Trinajstić information content (AvgIpc) is 2.62. The number of imidazole rings is 1. The lowest BCUT2D eigenvalue weighted by Gasteiger charge is -1.88. The van der Waals surface area contributed by atoms with E-state index in [-0.39, 0.29) is 0 Å². The Morgan fingerprint density at radius 1 is 1.62 bits per heavy atom. The van der Waals surface area contributed by atoms with Crippen LogP contribution < -0.4 is 0 Å². The second-order valence-electron chi connectivity index (χ2n) is 2.34. The Balaban J connectivity index is 2.63. The molecule has 0 bridgehead atoms. The van der Waals surface area contributed by atoms with E-state index in [4.69, 9.17) is 11.6 Å². The Labute approximate surface area is 83.3 Å². The van der Waals surface area contributed by atoms with Gasteiger partial charge in [0.2, 0.25) is 0 Å². The molecule has 3 nitrogen and oxygen atoms in total. The highest BCUT2D eigenvalue weighted by Crippen LogP contribution is 2.21. The van der Waals surface area contributed by atoms with Crippen LogP contribution in [0.2, 0.25) is 5.15 Å². The molecule has 2 rings (SSSR count). The highest BCUT2D eigenvalue weighted by Gasteiger charge is 2.07. The summed E-state index contributed by atoms with van der Waals surface area (Å²) in [5, 5.41) is 2.33. The number of hydrogen-bond acceptors (Lipinski definition) is 3. The Hall–Kier alpha value is -1.13. The van der Waals surface area contributed by atoms with Gasteiger partial charge in [0.25, 0.3) is 0 Å². The summed E-state index contributed by atoms with van der Waals surface area (Å²) < 4.78 is 1.84. The molecule has 0 aromatic carbocycles. The van der Waals surface area contributed by atoms with Crippen LogP contribution in [0.3, 0.4) is 0 Å². The van der Waals surface area contributed by atoms with Gasteiger partial charge in [0.15, 0.2) is 10.1 Å². The van der Waals surface area contributed by atoms with Gasteiger partial charge in [0.05, 0.1) is 5.69 Å². The molecule has 2 aromatic rings. The van der Waals surface area contributed by atoms with Gasteiger partial charge >= 0.3 is 0 Å². The Morgan fingerprint density at radius 2 is 2.46 bits per heavy atom. The Kier molecular flexibility index (Phi) is 2.16. The van der Waals surface area contributed by atoms with E-state index < -0.39 is 0 Å². The van der Waals surface area contributed by atoms with Gasteiger partial charge in [-0.05, 0) is 12.2 Å². The van der Waals surface area contributed by atoms with Gasteiger partial charge in [-0.1, -0.05) is 11.6 Å². The number of carbonyl (C=O) groups is 1. The molecular formula is C8H5ClN2OS. The fourth-order valence-corrected chi connectivity index (χ4v) is 2.06. The smallest absolute Gasteiger partial charge is 0.195 e. The Morgan fingerprint density at radius 3 is 3.23 bits per heavy atom. The number of carbonyl (C=O) groups excluding carboxylic acids is 1. The lowest BCUT2D eigenvalue weighted by Crippen LogP contribution is -1.80. The summed E-state index contributed by atoms with van der Waals surface area (Å²) in [4.78, 5) is 15.1. The summed E-state index contributed by atoms with van der Waals surface area (Å²) in [5.74, 6) is 0. The monoisotopic (exact) mass is 212 g/mol. The zero-order chi connectivity index (χ0) is 9.26. The van der Waals surface area contributed by atoms with Crippen molar-refractivity contribution in [2.75, 3.05) is 0 Å². The maximum absolute atomic E-state index is 10.1. The minimum atomic E-state index is 0.421. The Bertz CT molecular complexity index is 471. The molecule has 0 aliphatic heterocycles. The van der Waals surface area contributed by atoms with E-state index in [2.05, 4.69) is 4.98 Å². The molecule has 0 fully saturated rings. The molecule has 2 aromatic heterocycles. The summed E-state index contributed by atoms with van der Waals surface area (Å²) in [5.41, 5.74) is 0.741. The van der Waals surface area contributed by atoms with Crippen molar-refractivity contribution in [3.8, 4) is 0 Å². The minimum Gasteiger partial charge on any atom is -0.299 e. The van der Waals surface area contributed by atoms with Crippen molar-refractivity contribution in [1.29, 1.82) is 0 Å². The molecule has 0 spiro atoms. The molecule has 0 amide bonds. The van der Waals surface area contributed by atoms with Crippen LogP contribution in [0.4, 0.5) is 0 Å². The van der Waals surface area contributed by atoms with E-state index in [1.54, 1.807) is 6.08 Å². The zero-order valence-corrected chi connectivity index (χ0v) is 8.05. The van der Waals surface area contributed by atoms with Crippen molar-refractivity contribution in [1.82, 2.24) is 9.38 Å². The van der Waals surface area contributed by atoms with Crippen LogP contribution in [0.15, 0.2) is 17.7 Å². The van der Waals surface area contributed by atoms with E-state index in [9.17, 15) is 4.79 Å². The van der Waals surface area contributed by atoms with E-state index in [1.807, 2.05) is 16.0 Å². The van der Waals surface area contributed by atoms with Gasteiger partial charge in [-0.2, -0.15) is 0 Å². The molecule has 0 unspecified atom stereocenters. The highest BCUT2D eigenvalue weighted by atomic mass is 35.5. The van der Waals surface area contributed by atoms with Crippen LogP contribution in [0.1, 0.15) is 5.69 Å². The number of thiazole rings is 1. The zero-order valence-electron chi connectivity index (χ0n) is 6.48. The SMILES string of the molecule is O=C/C=C/c1c(Cl)nc2sccn12. The van der Waals surface area contributed by atoms with Crippen LogP contribution in [-0.2, 0) is 4.79 Å². The second-order valence-corrected chi connectivity index (χ2v) is 3.57. The third-order valence-corrected chi connectivity index (χ3v) is 2.62. The summed E-state index contributed by atoms with van der Waals surface area (Å²) in [6.45, 7) is 0. The van der Waals surface area contributed by atoms with Crippen molar-refractivity contribution < 1.29 is 4.79 Å². The molecular weight excluding hydrogens is 208 g/mol. The first-order chi connectivity index (χ1) is 6.33. The molecule has 5 heteroatoms. The number of fused-ring (bicyclic) bond motifs is 1. The van der Waals surface area contributed by atoms with Crippen LogP contribution in [0.5, 0.6) is 0 Å². The van der Waals surface area contributed by atoms with Gasteiger partial charge in [0, 0.05) is 11.6 Å². The first kappa shape index (κ1) is 8.47. The maximum Gasteiger partial charge on any atom is 0.195 e. The van der Waals surface area contributed by atoms with E-state index in [0.717, 1.165) is 10.7 Å².